The lowest BCUT2D eigenvalue weighted by molar-refractivity contribution is -0.121. The van der Waals surface area contributed by atoms with Gasteiger partial charge in [0.15, 0.2) is 11.6 Å². The fraction of sp³-hybridized carbons (Fsp3) is 0.474. The number of ketones is 1. The second kappa shape index (κ2) is 7.59. The summed E-state index contributed by atoms with van der Waals surface area (Å²) in [5.41, 5.74) is 3.34. The quantitative estimate of drug-likeness (QED) is 0.759. The fourth-order valence-electron chi connectivity index (χ4n) is 3.25. The van der Waals surface area contributed by atoms with Gasteiger partial charge in [0.05, 0.1) is 6.04 Å². The predicted octanol–water partition coefficient (Wildman–Crippen LogP) is 2.83. The van der Waals surface area contributed by atoms with Crippen molar-refractivity contribution in [3.8, 4) is 0 Å². The van der Waals surface area contributed by atoms with E-state index in [4.69, 9.17) is 0 Å². The smallest absolute Gasteiger partial charge is 0.221 e. The Morgan fingerprint density at radius 1 is 1.24 bits per heavy atom. The predicted molar refractivity (Wildman–Crippen MR) is 94.3 cm³/mol. The summed E-state index contributed by atoms with van der Waals surface area (Å²) in [5.74, 6) is 1.17. The third-order valence-electron chi connectivity index (χ3n) is 4.67. The third kappa shape index (κ3) is 4.13. The maximum Gasteiger partial charge on any atom is 0.221 e. The van der Waals surface area contributed by atoms with Gasteiger partial charge >= 0.3 is 0 Å². The van der Waals surface area contributed by atoms with Crippen LogP contribution < -0.4 is 5.32 Å². The first-order valence-corrected chi connectivity index (χ1v) is 8.90. The molecule has 1 aromatic carbocycles. The Labute approximate surface area is 147 Å². The summed E-state index contributed by atoms with van der Waals surface area (Å²) in [5, 5.41) is 9.79. The van der Waals surface area contributed by atoms with E-state index in [2.05, 4.69) is 20.5 Å². The lowest BCUT2D eigenvalue weighted by atomic mass is 10.0. The average Bonchev–Trinajstić information content (AvgIpc) is 3.25. The van der Waals surface area contributed by atoms with Crippen LogP contribution in [0.25, 0.3) is 0 Å². The molecular weight excluding hydrogens is 316 g/mol. The summed E-state index contributed by atoms with van der Waals surface area (Å²) in [6.07, 6.45) is 4.40. The highest BCUT2D eigenvalue weighted by Crippen LogP contribution is 2.23. The number of Topliss-reactive ketones (excluding diaryl/α,β-unsaturated/α-hetero) is 1. The molecule has 1 aromatic heterocycles. The van der Waals surface area contributed by atoms with Gasteiger partial charge in [0, 0.05) is 18.4 Å². The number of hydrogen-bond acceptors (Lipinski definition) is 4. The number of nitrogens with one attached hydrogen (secondary N) is 2. The monoisotopic (exact) mass is 340 g/mol. The van der Waals surface area contributed by atoms with Gasteiger partial charge in [-0.05, 0) is 49.8 Å². The van der Waals surface area contributed by atoms with Crippen molar-refractivity contribution < 1.29 is 9.59 Å². The van der Waals surface area contributed by atoms with Crippen molar-refractivity contribution in [1.82, 2.24) is 20.5 Å². The number of amides is 1. The molecule has 132 valence electrons. The van der Waals surface area contributed by atoms with Gasteiger partial charge in [-0.15, -0.1) is 0 Å². The van der Waals surface area contributed by atoms with E-state index >= 15 is 0 Å². The van der Waals surface area contributed by atoms with Gasteiger partial charge in [-0.3, -0.25) is 14.7 Å². The van der Waals surface area contributed by atoms with Crippen molar-refractivity contribution in [3.63, 3.8) is 0 Å². The molecule has 0 fully saturated rings. The van der Waals surface area contributed by atoms with Crippen LogP contribution in [0, 0.1) is 6.92 Å². The van der Waals surface area contributed by atoms with Gasteiger partial charge in [0.25, 0.3) is 0 Å². The molecule has 25 heavy (non-hydrogen) atoms. The molecule has 0 spiro atoms. The Morgan fingerprint density at radius 2 is 2.04 bits per heavy atom. The molecule has 2 aromatic rings. The fourth-order valence-corrected chi connectivity index (χ4v) is 3.25. The molecule has 1 heterocycles. The first-order chi connectivity index (χ1) is 12.1. The summed E-state index contributed by atoms with van der Waals surface area (Å²) in [6.45, 7) is 3.78. The summed E-state index contributed by atoms with van der Waals surface area (Å²) in [4.78, 5) is 28.8. The van der Waals surface area contributed by atoms with E-state index < -0.39 is 0 Å². The third-order valence-corrected chi connectivity index (χ3v) is 4.67. The van der Waals surface area contributed by atoms with Gasteiger partial charge in [-0.2, -0.15) is 5.10 Å². The van der Waals surface area contributed by atoms with Crippen LogP contribution in [-0.4, -0.2) is 26.9 Å². The molecule has 2 N–H and O–H groups in total. The Balaban J connectivity index is 1.53. The topological polar surface area (TPSA) is 87.7 Å². The van der Waals surface area contributed by atoms with Gasteiger partial charge in [-0.1, -0.05) is 19.1 Å². The zero-order valence-electron chi connectivity index (χ0n) is 14.8. The number of fused-ring (bicyclic) bond motifs is 1. The second-order valence-corrected chi connectivity index (χ2v) is 6.57. The summed E-state index contributed by atoms with van der Waals surface area (Å²) < 4.78 is 0. The molecule has 0 saturated heterocycles. The maximum absolute atomic E-state index is 12.4. The van der Waals surface area contributed by atoms with Crippen molar-refractivity contribution in [2.24, 2.45) is 0 Å². The molecule has 1 aliphatic carbocycles. The molecule has 6 heteroatoms. The molecule has 0 bridgehead atoms. The van der Waals surface area contributed by atoms with Crippen LogP contribution in [0.4, 0.5) is 0 Å². The molecule has 1 amide bonds. The van der Waals surface area contributed by atoms with Crippen molar-refractivity contribution >= 4 is 11.7 Å². The maximum atomic E-state index is 12.4. The van der Waals surface area contributed by atoms with E-state index in [1.807, 2.05) is 32.0 Å². The van der Waals surface area contributed by atoms with Crippen molar-refractivity contribution in [1.29, 1.82) is 0 Å². The minimum absolute atomic E-state index is 0.0200. The second-order valence-electron chi connectivity index (χ2n) is 6.57. The SMILES string of the molecule is CC[C@@H](NC(=O)CCC(=O)c1ccc2c(c1)CCC2)c1n[nH]c(C)n1. The highest BCUT2D eigenvalue weighted by Gasteiger charge is 2.18. The first kappa shape index (κ1) is 17.3. The summed E-state index contributed by atoms with van der Waals surface area (Å²) in [6, 6.07) is 5.70. The highest BCUT2D eigenvalue weighted by molar-refractivity contribution is 5.98. The number of aryl methyl sites for hydroxylation is 3. The number of nitrogens with zero attached hydrogens (tertiary/aromatic N) is 2. The summed E-state index contributed by atoms with van der Waals surface area (Å²) in [7, 11) is 0. The summed E-state index contributed by atoms with van der Waals surface area (Å²) >= 11 is 0. The van der Waals surface area contributed by atoms with Gasteiger partial charge in [0.2, 0.25) is 5.91 Å². The van der Waals surface area contributed by atoms with Gasteiger partial charge in [0.1, 0.15) is 5.82 Å². The van der Waals surface area contributed by atoms with Crippen LogP contribution in [0.15, 0.2) is 18.2 Å². The first-order valence-electron chi connectivity index (χ1n) is 8.90. The van der Waals surface area contributed by atoms with Crippen molar-refractivity contribution in [2.45, 2.75) is 58.4 Å². The van der Waals surface area contributed by atoms with E-state index in [9.17, 15) is 9.59 Å². The number of aromatic nitrogens is 3. The van der Waals surface area contributed by atoms with Crippen molar-refractivity contribution in [2.75, 3.05) is 0 Å². The molecule has 6 nitrogen and oxygen atoms in total. The Morgan fingerprint density at radius 3 is 2.76 bits per heavy atom. The lowest BCUT2D eigenvalue weighted by Crippen LogP contribution is -2.29. The Kier molecular flexibility index (Phi) is 5.26. The molecule has 1 atom stereocenters. The minimum Gasteiger partial charge on any atom is -0.346 e. The minimum atomic E-state index is -0.229. The van der Waals surface area contributed by atoms with Crippen molar-refractivity contribution in [3.05, 3.63) is 46.5 Å². The molecule has 0 unspecified atom stereocenters. The molecule has 0 aliphatic heterocycles. The number of carbonyl (C=O) groups is 2. The van der Waals surface area contributed by atoms with Gasteiger partial charge < -0.3 is 5.32 Å². The highest BCUT2D eigenvalue weighted by atomic mass is 16.2. The zero-order valence-corrected chi connectivity index (χ0v) is 14.8. The number of hydrogen-bond donors (Lipinski definition) is 2. The number of carbonyl (C=O) groups excluding carboxylic acids is 2. The van der Waals surface area contributed by atoms with Crippen LogP contribution >= 0.6 is 0 Å². The molecule has 0 saturated carbocycles. The van der Waals surface area contributed by atoms with Crippen LogP contribution in [0.3, 0.4) is 0 Å². The van der Waals surface area contributed by atoms with E-state index in [0.29, 0.717) is 17.8 Å². The normalized spacial score (nSPS) is 14.2. The largest absolute Gasteiger partial charge is 0.346 e. The molecular formula is C19H24N4O2. The van der Waals surface area contributed by atoms with Crippen LogP contribution in [0.5, 0.6) is 0 Å². The molecule has 0 radical (unpaired) electrons. The Hall–Kier alpha value is -2.50. The molecule has 3 rings (SSSR count). The van der Waals surface area contributed by atoms with Crippen LogP contribution in [0.2, 0.25) is 0 Å². The van der Waals surface area contributed by atoms with E-state index in [-0.39, 0.29) is 30.6 Å². The van der Waals surface area contributed by atoms with Crippen LogP contribution in [0.1, 0.15) is 71.8 Å². The number of aromatic amines is 1. The molecule has 1 aliphatic rings. The van der Waals surface area contributed by atoms with E-state index in [0.717, 1.165) is 25.1 Å². The number of rotatable bonds is 7. The van der Waals surface area contributed by atoms with Gasteiger partial charge in [-0.25, -0.2) is 4.98 Å². The zero-order chi connectivity index (χ0) is 17.8. The Bertz CT molecular complexity index is 781. The van der Waals surface area contributed by atoms with Crippen LogP contribution in [-0.2, 0) is 17.6 Å². The lowest BCUT2D eigenvalue weighted by Gasteiger charge is -2.13. The standard InChI is InChI=1S/C19H24N4O2/c1-3-16(19-20-12(2)22-23-19)21-18(25)10-9-17(24)15-8-7-13-5-4-6-14(13)11-15/h7-8,11,16H,3-6,9-10H2,1-2H3,(H,21,25)(H,20,22,23)/t16-/m1/s1. The van der Waals surface area contributed by atoms with E-state index in [1.54, 1.807) is 0 Å². The number of H-pyrrole nitrogens is 1. The number of benzene rings is 1. The van der Waals surface area contributed by atoms with E-state index in [1.165, 1.54) is 11.1 Å². The average molecular weight is 340 g/mol.